The molecule has 1 fully saturated rings. The van der Waals surface area contributed by atoms with Crippen molar-refractivity contribution in [1.29, 1.82) is 0 Å². The normalized spacial score (nSPS) is 20.9. The van der Waals surface area contributed by atoms with Crippen LogP contribution < -0.4 is 15.1 Å². The van der Waals surface area contributed by atoms with Gasteiger partial charge in [-0.2, -0.15) is 0 Å². The zero-order valence-electron chi connectivity index (χ0n) is 22.0. The summed E-state index contributed by atoms with van der Waals surface area (Å²) in [6.45, 7) is 7.32. The fraction of sp³-hybridized carbons (Fsp3) is 0.355. The number of Topliss-reactive ketones (excluding diaryl/α,β-unsaturated/α-hetero) is 1. The van der Waals surface area contributed by atoms with E-state index in [1.807, 2.05) is 59.5 Å². The number of para-hydroxylation sites is 3. The maximum Gasteiger partial charge on any atom is 0.242 e. The lowest BCUT2D eigenvalue weighted by Gasteiger charge is -2.39. The molecule has 1 aliphatic carbocycles. The number of furan rings is 1. The van der Waals surface area contributed by atoms with Crippen LogP contribution in [0.3, 0.4) is 0 Å². The average Bonchev–Trinajstić information content (AvgIpc) is 3.40. The highest BCUT2D eigenvalue weighted by Crippen LogP contribution is 2.48. The van der Waals surface area contributed by atoms with E-state index in [0.29, 0.717) is 30.8 Å². The van der Waals surface area contributed by atoms with Gasteiger partial charge < -0.3 is 24.4 Å². The standard InChI is InChI=1S/C31H34N4O3/c1-31(2)19-24-29(26(36)20-31)30(27-13-8-18-38-27)35(25-12-7-6-11-23(25)32-24)21-28(37)34-16-14-33(15-17-34)22-9-4-3-5-10-22/h3-13,18,30,32H,14-17,19-21H2,1-2H3. The van der Waals surface area contributed by atoms with Crippen LogP contribution >= 0.6 is 0 Å². The molecule has 1 amide bonds. The molecule has 1 saturated heterocycles. The first-order valence-electron chi connectivity index (χ1n) is 13.4. The van der Waals surface area contributed by atoms with Crippen LogP contribution in [0.15, 0.2) is 88.7 Å². The Hall–Kier alpha value is -4.00. The minimum atomic E-state index is -0.477. The van der Waals surface area contributed by atoms with Crippen LogP contribution in [-0.2, 0) is 9.59 Å². The van der Waals surface area contributed by atoms with E-state index in [9.17, 15) is 9.59 Å². The Morgan fingerprint density at radius 1 is 0.947 bits per heavy atom. The molecule has 1 unspecified atom stereocenters. The van der Waals surface area contributed by atoms with Gasteiger partial charge in [0.25, 0.3) is 0 Å². The Kier molecular flexibility index (Phi) is 6.22. The molecule has 2 aliphatic heterocycles. The topological polar surface area (TPSA) is 69.0 Å². The van der Waals surface area contributed by atoms with E-state index in [4.69, 9.17) is 4.42 Å². The van der Waals surface area contributed by atoms with Crippen molar-refractivity contribution in [3.8, 4) is 0 Å². The number of nitrogens with zero attached hydrogens (tertiary/aromatic N) is 3. The second-order valence-electron chi connectivity index (χ2n) is 11.2. The van der Waals surface area contributed by atoms with E-state index in [0.717, 1.165) is 36.6 Å². The van der Waals surface area contributed by atoms with Gasteiger partial charge in [-0.05, 0) is 48.2 Å². The lowest BCUT2D eigenvalue weighted by atomic mass is 9.74. The summed E-state index contributed by atoms with van der Waals surface area (Å²) in [5.74, 6) is 0.828. The number of fused-ring (bicyclic) bond motifs is 1. The molecular formula is C31H34N4O3. The van der Waals surface area contributed by atoms with Gasteiger partial charge in [-0.25, -0.2) is 0 Å². The number of carbonyl (C=O) groups excluding carboxylic acids is 2. The van der Waals surface area contributed by atoms with Gasteiger partial charge in [0.15, 0.2) is 5.78 Å². The number of ketones is 1. The minimum absolute atomic E-state index is 0.0525. The van der Waals surface area contributed by atoms with Gasteiger partial charge in [-0.1, -0.05) is 44.2 Å². The number of allylic oxidation sites excluding steroid dienone is 1. The molecule has 3 aromatic rings. The number of benzene rings is 2. The Bertz CT molecular complexity index is 1350. The van der Waals surface area contributed by atoms with Crippen molar-refractivity contribution in [3.05, 3.63) is 90.0 Å². The summed E-state index contributed by atoms with van der Waals surface area (Å²) in [5, 5.41) is 3.59. The second-order valence-corrected chi connectivity index (χ2v) is 11.2. The van der Waals surface area contributed by atoms with Crippen LogP contribution in [0.1, 0.15) is 38.5 Å². The molecule has 2 aromatic carbocycles. The van der Waals surface area contributed by atoms with Crippen LogP contribution in [0.5, 0.6) is 0 Å². The van der Waals surface area contributed by atoms with Crippen molar-refractivity contribution in [3.63, 3.8) is 0 Å². The van der Waals surface area contributed by atoms with E-state index in [-0.39, 0.29) is 23.7 Å². The molecule has 0 radical (unpaired) electrons. The third kappa shape index (κ3) is 4.57. The zero-order valence-corrected chi connectivity index (χ0v) is 22.0. The van der Waals surface area contributed by atoms with Crippen LogP contribution in [0.4, 0.5) is 17.1 Å². The Morgan fingerprint density at radius 2 is 1.68 bits per heavy atom. The molecule has 1 N–H and O–H groups in total. The van der Waals surface area contributed by atoms with Gasteiger partial charge in [0.2, 0.25) is 5.91 Å². The van der Waals surface area contributed by atoms with Gasteiger partial charge in [-0.15, -0.1) is 0 Å². The monoisotopic (exact) mass is 510 g/mol. The number of piperazine rings is 1. The largest absolute Gasteiger partial charge is 0.467 e. The first-order valence-corrected chi connectivity index (χ1v) is 13.4. The third-order valence-electron chi connectivity index (χ3n) is 7.88. The van der Waals surface area contributed by atoms with Crippen molar-refractivity contribution >= 4 is 28.8 Å². The van der Waals surface area contributed by atoms with Crippen LogP contribution in [0.2, 0.25) is 0 Å². The minimum Gasteiger partial charge on any atom is -0.467 e. The molecule has 1 atom stereocenters. The summed E-state index contributed by atoms with van der Waals surface area (Å²) in [4.78, 5) is 33.8. The van der Waals surface area contributed by atoms with Gasteiger partial charge in [-0.3, -0.25) is 9.59 Å². The summed E-state index contributed by atoms with van der Waals surface area (Å²) >= 11 is 0. The third-order valence-corrected chi connectivity index (χ3v) is 7.88. The highest BCUT2D eigenvalue weighted by Gasteiger charge is 2.43. The van der Waals surface area contributed by atoms with E-state index in [1.165, 1.54) is 5.69 Å². The molecule has 0 bridgehead atoms. The number of rotatable bonds is 4. The lowest BCUT2D eigenvalue weighted by molar-refractivity contribution is -0.130. The second kappa shape index (κ2) is 9.71. The highest BCUT2D eigenvalue weighted by atomic mass is 16.3. The van der Waals surface area contributed by atoms with Gasteiger partial charge in [0, 0.05) is 49.6 Å². The molecule has 7 nitrogen and oxygen atoms in total. The highest BCUT2D eigenvalue weighted by molar-refractivity contribution is 6.01. The van der Waals surface area contributed by atoms with Crippen LogP contribution in [0, 0.1) is 5.41 Å². The van der Waals surface area contributed by atoms with Crippen molar-refractivity contribution in [2.45, 2.75) is 32.7 Å². The number of hydrogen-bond donors (Lipinski definition) is 1. The van der Waals surface area contributed by atoms with E-state index in [2.05, 4.69) is 41.1 Å². The predicted molar refractivity (Wildman–Crippen MR) is 149 cm³/mol. The molecule has 3 aliphatic rings. The van der Waals surface area contributed by atoms with Crippen molar-refractivity contribution in [1.82, 2.24) is 4.90 Å². The number of hydrogen-bond acceptors (Lipinski definition) is 6. The van der Waals surface area contributed by atoms with Gasteiger partial charge >= 0.3 is 0 Å². The number of nitrogens with one attached hydrogen (secondary N) is 1. The smallest absolute Gasteiger partial charge is 0.242 e. The summed E-state index contributed by atoms with van der Waals surface area (Å²) in [6, 6.07) is 21.6. The molecule has 7 heteroatoms. The van der Waals surface area contributed by atoms with Gasteiger partial charge in [0.05, 0.1) is 24.2 Å². The Balaban J connectivity index is 1.33. The maximum atomic E-state index is 13.8. The first kappa shape index (κ1) is 24.3. The summed E-state index contributed by atoms with van der Waals surface area (Å²) in [7, 11) is 0. The van der Waals surface area contributed by atoms with Crippen molar-refractivity contribution in [2.24, 2.45) is 5.41 Å². The number of anilines is 3. The van der Waals surface area contributed by atoms with E-state index < -0.39 is 6.04 Å². The summed E-state index contributed by atoms with van der Waals surface area (Å²) in [5.41, 5.74) is 4.47. The molecule has 38 heavy (non-hydrogen) atoms. The summed E-state index contributed by atoms with van der Waals surface area (Å²) in [6.07, 6.45) is 2.85. The molecule has 0 saturated carbocycles. The average molecular weight is 511 g/mol. The van der Waals surface area contributed by atoms with Crippen LogP contribution in [0.25, 0.3) is 0 Å². The SMILES string of the molecule is CC1(C)CC(=O)C2=C(C1)Nc1ccccc1N(CC(=O)N1CCN(c3ccccc3)CC1)C2c1ccco1. The number of amides is 1. The van der Waals surface area contributed by atoms with Crippen molar-refractivity contribution in [2.75, 3.05) is 47.8 Å². The fourth-order valence-corrected chi connectivity index (χ4v) is 6.07. The molecule has 0 spiro atoms. The molecule has 1 aromatic heterocycles. The zero-order chi connectivity index (χ0) is 26.3. The van der Waals surface area contributed by atoms with Crippen LogP contribution in [-0.4, -0.2) is 49.3 Å². The van der Waals surface area contributed by atoms with E-state index >= 15 is 0 Å². The van der Waals surface area contributed by atoms with Crippen molar-refractivity contribution < 1.29 is 14.0 Å². The van der Waals surface area contributed by atoms with E-state index in [1.54, 1.807) is 6.26 Å². The molecule has 3 heterocycles. The fourth-order valence-electron chi connectivity index (χ4n) is 6.07. The quantitative estimate of drug-likeness (QED) is 0.517. The van der Waals surface area contributed by atoms with Gasteiger partial charge in [0.1, 0.15) is 11.8 Å². The summed E-state index contributed by atoms with van der Waals surface area (Å²) < 4.78 is 5.93. The molecule has 196 valence electrons. The maximum absolute atomic E-state index is 13.8. The first-order chi connectivity index (χ1) is 18.4. The molecular weight excluding hydrogens is 476 g/mol. The lowest BCUT2D eigenvalue weighted by Crippen LogP contribution is -2.52. The predicted octanol–water partition coefficient (Wildman–Crippen LogP) is 5.24. The molecule has 6 rings (SSSR count). The Labute approximate surface area is 223 Å². The number of carbonyl (C=O) groups is 2. The Morgan fingerprint density at radius 3 is 2.42 bits per heavy atom.